The number of hydrogen-bond acceptors (Lipinski definition) is 2. The number of carboxylic acid groups (broad SMARTS) is 1. The molecule has 1 aromatic rings. The van der Waals surface area contributed by atoms with Crippen LogP contribution in [0, 0.1) is 11.8 Å². The Bertz CT molecular complexity index is 644. The number of rotatable bonds is 3. The molecule has 1 aromatic carbocycles. The Kier molecular flexibility index (Phi) is 4.62. The van der Waals surface area contributed by atoms with Crippen molar-refractivity contribution in [3.8, 4) is 0 Å². The van der Waals surface area contributed by atoms with E-state index in [0.29, 0.717) is 5.92 Å². The first-order chi connectivity index (χ1) is 11.8. The molecule has 2 amide bonds. The Morgan fingerprint density at radius 2 is 1.76 bits per heavy atom. The van der Waals surface area contributed by atoms with E-state index in [0.717, 1.165) is 17.7 Å². The number of amides is 2. The molecule has 2 N–H and O–H groups in total. The SMILES string of the molecule is O=C(O)[C@@H]1CN(C(=O)NC2CC(c3ccccc3)C2)C[C@H]1C(F)(F)F. The Labute approximate surface area is 142 Å². The van der Waals surface area contributed by atoms with Crippen LogP contribution < -0.4 is 5.32 Å². The van der Waals surface area contributed by atoms with Crippen molar-refractivity contribution in [3.63, 3.8) is 0 Å². The highest BCUT2D eigenvalue weighted by molar-refractivity contribution is 5.78. The number of alkyl halides is 3. The molecular weight excluding hydrogens is 337 g/mol. The van der Waals surface area contributed by atoms with Gasteiger partial charge < -0.3 is 15.3 Å². The molecule has 5 nitrogen and oxygen atoms in total. The van der Waals surface area contributed by atoms with Gasteiger partial charge in [0.2, 0.25) is 0 Å². The number of urea groups is 1. The van der Waals surface area contributed by atoms with E-state index in [-0.39, 0.29) is 6.04 Å². The maximum Gasteiger partial charge on any atom is 0.394 e. The molecule has 0 bridgehead atoms. The van der Waals surface area contributed by atoms with E-state index in [9.17, 15) is 22.8 Å². The summed E-state index contributed by atoms with van der Waals surface area (Å²) in [5.41, 5.74) is 1.18. The summed E-state index contributed by atoms with van der Waals surface area (Å²) >= 11 is 0. The fourth-order valence-corrected chi connectivity index (χ4v) is 3.55. The van der Waals surface area contributed by atoms with Crippen molar-refractivity contribution in [2.45, 2.75) is 31.0 Å². The van der Waals surface area contributed by atoms with E-state index in [1.54, 1.807) is 0 Å². The second-order valence-electron chi connectivity index (χ2n) is 6.72. The summed E-state index contributed by atoms with van der Waals surface area (Å²) in [6.07, 6.45) is -3.17. The lowest BCUT2D eigenvalue weighted by Gasteiger charge is -2.37. The fraction of sp³-hybridized carbons (Fsp3) is 0.529. The summed E-state index contributed by atoms with van der Waals surface area (Å²) in [5.74, 6) is -4.82. The zero-order chi connectivity index (χ0) is 18.2. The zero-order valence-electron chi connectivity index (χ0n) is 13.4. The standard InChI is InChI=1S/C17H19F3N2O3/c18-17(19,20)14-9-22(8-13(14)15(23)24)16(25)21-12-6-11(7-12)10-4-2-1-3-5-10/h1-5,11-14H,6-9H2,(H,21,25)(H,23,24)/t11?,12?,13-,14-/m1/s1. The van der Waals surface area contributed by atoms with Gasteiger partial charge >= 0.3 is 18.2 Å². The smallest absolute Gasteiger partial charge is 0.394 e. The highest BCUT2D eigenvalue weighted by Gasteiger charge is 2.53. The third-order valence-corrected chi connectivity index (χ3v) is 5.08. The lowest BCUT2D eigenvalue weighted by molar-refractivity contribution is -0.187. The van der Waals surface area contributed by atoms with Crippen LogP contribution in [0.4, 0.5) is 18.0 Å². The molecule has 1 aliphatic carbocycles. The highest BCUT2D eigenvalue weighted by atomic mass is 19.4. The van der Waals surface area contributed by atoms with Crippen LogP contribution in [0.2, 0.25) is 0 Å². The van der Waals surface area contributed by atoms with Gasteiger partial charge in [0.05, 0.1) is 11.8 Å². The number of carbonyl (C=O) groups excluding carboxylic acids is 1. The van der Waals surface area contributed by atoms with E-state index in [4.69, 9.17) is 5.11 Å². The van der Waals surface area contributed by atoms with Gasteiger partial charge in [-0.05, 0) is 24.3 Å². The van der Waals surface area contributed by atoms with Crippen LogP contribution in [-0.4, -0.2) is 47.3 Å². The van der Waals surface area contributed by atoms with Crippen LogP contribution in [0.15, 0.2) is 30.3 Å². The lowest BCUT2D eigenvalue weighted by Crippen LogP contribution is -2.49. The maximum absolute atomic E-state index is 13.0. The quantitative estimate of drug-likeness (QED) is 0.875. The number of benzene rings is 1. The molecular formula is C17H19F3N2O3. The zero-order valence-corrected chi connectivity index (χ0v) is 13.4. The molecule has 1 saturated heterocycles. The van der Waals surface area contributed by atoms with Crippen molar-refractivity contribution in [3.05, 3.63) is 35.9 Å². The fourth-order valence-electron chi connectivity index (χ4n) is 3.55. The van der Waals surface area contributed by atoms with Gasteiger partial charge in [-0.3, -0.25) is 4.79 Å². The molecule has 1 heterocycles. The first-order valence-electron chi connectivity index (χ1n) is 8.15. The number of nitrogens with zero attached hydrogens (tertiary/aromatic N) is 1. The van der Waals surface area contributed by atoms with Crippen LogP contribution in [0.5, 0.6) is 0 Å². The largest absolute Gasteiger partial charge is 0.481 e. The molecule has 2 fully saturated rings. The van der Waals surface area contributed by atoms with Crippen LogP contribution in [0.1, 0.15) is 24.3 Å². The average Bonchev–Trinajstić information content (AvgIpc) is 2.97. The van der Waals surface area contributed by atoms with Gasteiger partial charge in [0.15, 0.2) is 0 Å². The monoisotopic (exact) mass is 356 g/mol. The lowest BCUT2D eigenvalue weighted by atomic mass is 9.76. The van der Waals surface area contributed by atoms with Crippen molar-refractivity contribution in [2.24, 2.45) is 11.8 Å². The van der Waals surface area contributed by atoms with Crippen molar-refractivity contribution in [1.82, 2.24) is 10.2 Å². The molecule has 136 valence electrons. The third-order valence-electron chi connectivity index (χ3n) is 5.08. The molecule has 0 spiro atoms. The van der Waals surface area contributed by atoms with Crippen molar-refractivity contribution >= 4 is 12.0 Å². The average molecular weight is 356 g/mol. The molecule has 25 heavy (non-hydrogen) atoms. The van der Waals surface area contributed by atoms with Gasteiger partial charge in [-0.1, -0.05) is 30.3 Å². The molecule has 2 aliphatic rings. The summed E-state index contributed by atoms with van der Waals surface area (Å²) in [7, 11) is 0. The number of halogens is 3. The Morgan fingerprint density at radius 3 is 2.28 bits per heavy atom. The van der Waals surface area contributed by atoms with Crippen molar-refractivity contribution in [2.75, 3.05) is 13.1 Å². The van der Waals surface area contributed by atoms with Crippen LogP contribution >= 0.6 is 0 Å². The first-order valence-corrected chi connectivity index (χ1v) is 8.15. The molecule has 0 radical (unpaired) electrons. The Hall–Kier alpha value is -2.25. The Morgan fingerprint density at radius 1 is 1.12 bits per heavy atom. The first kappa shape index (κ1) is 17.6. The maximum atomic E-state index is 13.0. The minimum atomic E-state index is -4.63. The molecule has 1 aliphatic heterocycles. The second-order valence-corrected chi connectivity index (χ2v) is 6.72. The second kappa shape index (κ2) is 6.57. The minimum absolute atomic E-state index is 0.0917. The summed E-state index contributed by atoms with van der Waals surface area (Å²) in [6, 6.07) is 9.11. The van der Waals surface area contributed by atoms with Crippen molar-refractivity contribution < 1.29 is 27.9 Å². The summed E-state index contributed by atoms with van der Waals surface area (Å²) < 4.78 is 38.9. The number of carbonyl (C=O) groups is 2. The third kappa shape index (κ3) is 3.72. The van der Waals surface area contributed by atoms with E-state index in [2.05, 4.69) is 5.32 Å². The Balaban J connectivity index is 1.54. The van der Waals surface area contributed by atoms with E-state index >= 15 is 0 Å². The summed E-state index contributed by atoms with van der Waals surface area (Å²) in [6.45, 7) is -1.03. The predicted octanol–water partition coefficient (Wildman–Crippen LogP) is 2.84. The normalized spacial score (nSPS) is 29.2. The van der Waals surface area contributed by atoms with Gasteiger partial charge in [-0.25, -0.2) is 4.79 Å². The highest BCUT2D eigenvalue weighted by Crippen LogP contribution is 2.39. The minimum Gasteiger partial charge on any atom is -0.481 e. The molecule has 0 unspecified atom stereocenters. The van der Waals surface area contributed by atoms with E-state index in [1.807, 2.05) is 30.3 Å². The van der Waals surface area contributed by atoms with E-state index < -0.39 is 43.1 Å². The van der Waals surface area contributed by atoms with Crippen LogP contribution in [-0.2, 0) is 4.79 Å². The van der Waals surface area contributed by atoms with Crippen LogP contribution in [0.25, 0.3) is 0 Å². The summed E-state index contributed by atoms with van der Waals surface area (Å²) in [5, 5.41) is 11.7. The van der Waals surface area contributed by atoms with Gasteiger partial charge in [-0.2, -0.15) is 13.2 Å². The number of carboxylic acids is 1. The van der Waals surface area contributed by atoms with Gasteiger partial charge in [0, 0.05) is 19.1 Å². The molecule has 0 aromatic heterocycles. The van der Waals surface area contributed by atoms with Crippen LogP contribution in [0.3, 0.4) is 0 Å². The van der Waals surface area contributed by atoms with Crippen molar-refractivity contribution in [1.29, 1.82) is 0 Å². The predicted molar refractivity (Wildman–Crippen MR) is 83.0 cm³/mol. The topological polar surface area (TPSA) is 69.6 Å². The number of aliphatic carboxylic acids is 1. The number of nitrogens with one attached hydrogen (secondary N) is 1. The van der Waals surface area contributed by atoms with Gasteiger partial charge in [0.25, 0.3) is 0 Å². The van der Waals surface area contributed by atoms with Gasteiger partial charge in [0.1, 0.15) is 0 Å². The summed E-state index contributed by atoms with van der Waals surface area (Å²) in [4.78, 5) is 24.2. The number of likely N-dealkylation sites (tertiary alicyclic amines) is 1. The number of hydrogen-bond donors (Lipinski definition) is 2. The molecule has 1 saturated carbocycles. The van der Waals surface area contributed by atoms with Gasteiger partial charge in [-0.15, -0.1) is 0 Å². The van der Waals surface area contributed by atoms with E-state index in [1.165, 1.54) is 5.56 Å². The molecule has 2 atom stereocenters. The molecule has 8 heteroatoms. The molecule has 3 rings (SSSR count).